The number of benzene rings is 3. The van der Waals surface area contributed by atoms with E-state index in [2.05, 4.69) is 5.32 Å². The van der Waals surface area contributed by atoms with Crippen molar-refractivity contribution >= 4 is 22.8 Å². The standard InChI is InChI=1S/C22H20N2O2/c1-26-22-13-21(25)16-11-10-14(24-20-9-5-4-8-19(20)23)12-18(16)15-6-2-3-7-17(15)22/h2-12,22,24H,13,23H2,1H3. The molecule has 3 aromatic rings. The molecule has 0 saturated carbocycles. The molecule has 0 fully saturated rings. The summed E-state index contributed by atoms with van der Waals surface area (Å²) in [6, 6.07) is 21.5. The largest absolute Gasteiger partial charge is 0.397 e. The van der Waals surface area contributed by atoms with Gasteiger partial charge in [-0.05, 0) is 47.0 Å². The number of para-hydroxylation sites is 2. The Morgan fingerprint density at radius 3 is 2.54 bits per heavy atom. The van der Waals surface area contributed by atoms with Crippen molar-refractivity contribution in [2.24, 2.45) is 0 Å². The van der Waals surface area contributed by atoms with Crippen LogP contribution >= 0.6 is 0 Å². The number of ketones is 1. The second kappa shape index (κ2) is 6.65. The van der Waals surface area contributed by atoms with E-state index in [9.17, 15) is 4.79 Å². The maximum absolute atomic E-state index is 12.7. The Bertz CT molecular complexity index is 981. The molecule has 3 aromatic carbocycles. The van der Waals surface area contributed by atoms with Crippen LogP contribution in [0.25, 0.3) is 11.1 Å². The highest BCUT2D eigenvalue weighted by Gasteiger charge is 2.27. The van der Waals surface area contributed by atoms with E-state index in [1.165, 1.54) is 0 Å². The fraction of sp³-hybridized carbons (Fsp3) is 0.136. The van der Waals surface area contributed by atoms with Crippen molar-refractivity contribution in [2.75, 3.05) is 18.2 Å². The van der Waals surface area contributed by atoms with Gasteiger partial charge < -0.3 is 15.8 Å². The minimum Gasteiger partial charge on any atom is -0.397 e. The number of rotatable bonds is 3. The van der Waals surface area contributed by atoms with Crippen LogP contribution in [0.5, 0.6) is 0 Å². The van der Waals surface area contributed by atoms with Crippen LogP contribution in [0.1, 0.15) is 28.4 Å². The molecule has 3 N–H and O–H groups in total. The van der Waals surface area contributed by atoms with E-state index in [-0.39, 0.29) is 11.9 Å². The topological polar surface area (TPSA) is 64.3 Å². The molecule has 0 aliphatic heterocycles. The molecule has 4 rings (SSSR count). The first-order valence-corrected chi connectivity index (χ1v) is 8.58. The number of ether oxygens (including phenoxy) is 1. The van der Waals surface area contributed by atoms with E-state index in [1.54, 1.807) is 7.11 Å². The monoisotopic (exact) mass is 344 g/mol. The van der Waals surface area contributed by atoms with Crippen LogP contribution in [0.3, 0.4) is 0 Å². The molecular formula is C22H20N2O2. The number of carbonyl (C=O) groups is 1. The SMILES string of the molecule is COC1CC(=O)c2ccc(Nc3ccccc3N)cc2-c2ccccc21. The Labute approximate surface area is 152 Å². The van der Waals surface area contributed by atoms with Crippen molar-refractivity contribution in [3.05, 3.63) is 77.9 Å². The van der Waals surface area contributed by atoms with Crippen LogP contribution in [0, 0.1) is 0 Å². The van der Waals surface area contributed by atoms with Gasteiger partial charge in [-0.2, -0.15) is 0 Å². The molecular weight excluding hydrogens is 324 g/mol. The Kier molecular flexibility index (Phi) is 4.19. The summed E-state index contributed by atoms with van der Waals surface area (Å²) in [5.41, 5.74) is 12.2. The molecule has 0 heterocycles. The van der Waals surface area contributed by atoms with Crippen LogP contribution < -0.4 is 11.1 Å². The van der Waals surface area contributed by atoms with Gasteiger partial charge in [-0.15, -0.1) is 0 Å². The first-order chi connectivity index (χ1) is 12.7. The highest BCUT2D eigenvalue weighted by Crippen LogP contribution is 2.40. The summed E-state index contributed by atoms with van der Waals surface area (Å²) >= 11 is 0. The highest BCUT2D eigenvalue weighted by atomic mass is 16.5. The van der Waals surface area contributed by atoms with E-state index in [1.807, 2.05) is 66.7 Å². The van der Waals surface area contributed by atoms with Gasteiger partial charge in [-0.3, -0.25) is 4.79 Å². The van der Waals surface area contributed by atoms with Gasteiger partial charge in [0.15, 0.2) is 5.78 Å². The van der Waals surface area contributed by atoms with Gasteiger partial charge in [0.05, 0.1) is 17.5 Å². The fourth-order valence-corrected chi connectivity index (χ4v) is 3.48. The van der Waals surface area contributed by atoms with Gasteiger partial charge in [0.25, 0.3) is 0 Å². The lowest BCUT2D eigenvalue weighted by Crippen LogP contribution is -2.07. The zero-order chi connectivity index (χ0) is 18.1. The molecule has 0 radical (unpaired) electrons. The van der Waals surface area contributed by atoms with Crippen LogP contribution in [0.15, 0.2) is 66.7 Å². The number of nitrogens with one attached hydrogen (secondary N) is 1. The van der Waals surface area contributed by atoms with E-state index in [0.717, 1.165) is 33.6 Å². The molecule has 0 bridgehead atoms. The second-order valence-electron chi connectivity index (χ2n) is 6.41. The Morgan fingerprint density at radius 1 is 0.962 bits per heavy atom. The Balaban J connectivity index is 1.83. The number of hydrogen-bond donors (Lipinski definition) is 2. The molecule has 0 saturated heterocycles. The lowest BCUT2D eigenvalue weighted by atomic mass is 9.95. The fourth-order valence-electron chi connectivity index (χ4n) is 3.48. The maximum atomic E-state index is 12.7. The minimum absolute atomic E-state index is 0.0915. The molecule has 26 heavy (non-hydrogen) atoms. The highest BCUT2D eigenvalue weighted by molar-refractivity contribution is 6.05. The van der Waals surface area contributed by atoms with E-state index in [0.29, 0.717) is 12.1 Å². The van der Waals surface area contributed by atoms with Crippen molar-refractivity contribution in [2.45, 2.75) is 12.5 Å². The predicted octanol–water partition coefficient (Wildman–Crippen LogP) is 4.95. The van der Waals surface area contributed by atoms with Gasteiger partial charge in [-0.1, -0.05) is 36.4 Å². The third kappa shape index (κ3) is 2.85. The summed E-state index contributed by atoms with van der Waals surface area (Å²) in [4.78, 5) is 12.7. The van der Waals surface area contributed by atoms with Crippen molar-refractivity contribution in [1.29, 1.82) is 0 Å². The number of nitrogens with two attached hydrogens (primary N) is 1. The molecule has 130 valence electrons. The number of fused-ring (bicyclic) bond motifs is 3. The second-order valence-corrected chi connectivity index (χ2v) is 6.41. The molecule has 1 aliphatic carbocycles. The average Bonchev–Trinajstić information content (AvgIpc) is 2.79. The van der Waals surface area contributed by atoms with Gasteiger partial charge in [0, 0.05) is 24.8 Å². The van der Waals surface area contributed by atoms with Gasteiger partial charge >= 0.3 is 0 Å². The lowest BCUT2D eigenvalue weighted by Gasteiger charge is -2.16. The average molecular weight is 344 g/mol. The number of carbonyl (C=O) groups excluding carboxylic acids is 1. The van der Waals surface area contributed by atoms with E-state index in [4.69, 9.17) is 10.5 Å². The molecule has 1 atom stereocenters. The van der Waals surface area contributed by atoms with E-state index < -0.39 is 0 Å². The zero-order valence-corrected chi connectivity index (χ0v) is 14.5. The molecule has 4 nitrogen and oxygen atoms in total. The third-order valence-electron chi connectivity index (χ3n) is 4.81. The van der Waals surface area contributed by atoms with Crippen LogP contribution in [0.2, 0.25) is 0 Å². The van der Waals surface area contributed by atoms with Crippen LogP contribution in [0.4, 0.5) is 17.1 Å². The van der Waals surface area contributed by atoms with Gasteiger partial charge in [0.2, 0.25) is 0 Å². The maximum Gasteiger partial charge on any atom is 0.166 e. The molecule has 1 unspecified atom stereocenters. The van der Waals surface area contributed by atoms with Crippen LogP contribution in [-0.4, -0.2) is 12.9 Å². The summed E-state index contributed by atoms with van der Waals surface area (Å²) in [6.07, 6.45) is 0.117. The Morgan fingerprint density at radius 2 is 1.73 bits per heavy atom. The minimum atomic E-state index is -0.229. The van der Waals surface area contributed by atoms with Crippen molar-refractivity contribution in [3.8, 4) is 11.1 Å². The van der Waals surface area contributed by atoms with Crippen molar-refractivity contribution < 1.29 is 9.53 Å². The van der Waals surface area contributed by atoms with Gasteiger partial charge in [0.1, 0.15) is 0 Å². The summed E-state index contributed by atoms with van der Waals surface area (Å²) in [5, 5.41) is 3.35. The molecule has 1 aliphatic rings. The van der Waals surface area contributed by atoms with Crippen molar-refractivity contribution in [1.82, 2.24) is 0 Å². The number of methoxy groups -OCH3 is 1. The number of anilines is 3. The molecule has 0 spiro atoms. The van der Waals surface area contributed by atoms with Crippen molar-refractivity contribution in [3.63, 3.8) is 0 Å². The first kappa shape index (κ1) is 16.4. The number of Topliss-reactive ketones (excluding diaryl/α,β-unsaturated/α-hetero) is 1. The summed E-state index contributed by atoms with van der Waals surface area (Å²) in [5.74, 6) is 0.0915. The first-order valence-electron chi connectivity index (χ1n) is 8.58. The Hall–Kier alpha value is -3.11. The lowest BCUT2D eigenvalue weighted by molar-refractivity contribution is 0.0739. The molecule has 0 amide bonds. The molecule has 0 aromatic heterocycles. The smallest absolute Gasteiger partial charge is 0.166 e. The predicted molar refractivity (Wildman–Crippen MR) is 105 cm³/mol. The number of nitrogen functional groups attached to an aromatic ring is 1. The summed E-state index contributed by atoms with van der Waals surface area (Å²) < 4.78 is 5.59. The zero-order valence-electron chi connectivity index (χ0n) is 14.5. The summed E-state index contributed by atoms with van der Waals surface area (Å²) in [6.45, 7) is 0. The molecule has 4 heteroatoms. The number of hydrogen-bond acceptors (Lipinski definition) is 4. The summed E-state index contributed by atoms with van der Waals surface area (Å²) in [7, 11) is 1.65. The van der Waals surface area contributed by atoms with E-state index >= 15 is 0 Å². The van der Waals surface area contributed by atoms with Gasteiger partial charge in [-0.25, -0.2) is 0 Å². The quantitative estimate of drug-likeness (QED) is 0.660. The van der Waals surface area contributed by atoms with Crippen LogP contribution in [-0.2, 0) is 4.74 Å². The normalized spacial score (nSPS) is 15.7. The third-order valence-corrected chi connectivity index (χ3v) is 4.81.